The standard InChI is InChI=1S/C18H27N/c1-13-6-7-14-12-17-15-5-3-4-8-18(15,16(14)11-13)9-10-19(17)2/h6,15,17H,3-5,7-12H2,1-2H3/t15-,17+,18+/m1/s1. The van der Waals surface area contributed by atoms with Gasteiger partial charge in [0.15, 0.2) is 0 Å². The zero-order valence-corrected chi connectivity index (χ0v) is 12.5. The summed E-state index contributed by atoms with van der Waals surface area (Å²) in [5, 5.41) is 0. The van der Waals surface area contributed by atoms with Crippen LogP contribution in [0.25, 0.3) is 0 Å². The maximum atomic E-state index is 2.68. The van der Waals surface area contributed by atoms with Crippen molar-refractivity contribution in [1.29, 1.82) is 0 Å². The fraction of sp³-hybridized carbons (Fsp3) is 0.778. The fourth-order valence-corrected chi connectivity index (χ4v) is 5.69. The van der Waals surface area contributed by atoms with E-state index in [-0.39, 0.29) is 0 Å². The number of likely N-dealkylation sites (tertiary alicyclic amines) is 1. The van der Waals surface area contributed by atoms with Gasteiger partial charge in [0, 0.05) is 6.04 Å². The van der Waals surface area contributed by atoms with Crippen LogP contribution in [0.15, 0.2) is 22.8 Å². The summed E-state index contributed by atoms with van der Waals surface area (Å²) >= 11 is 0. The first-order valence-corrected chi connectivity index (χ1v) is 8.28. The minimum absolute atomic E-state index is 0.624. The first kappa shape index (κ1) is 12.2. The van der Waals surface area contributed by atoms with Crippen molar-refractivity contribution in [2.45, 2.75) is 64.3 Å². The van der Waals surface area contributed by atoms with E-state index >= 15 is 0 Å². The van der Waals surface area contributed by atoms with Gasteiger partial charge in [-0.25, -0.2) is 0 Å². The van der Waals surface area contributed by atoms with Crippen molar-refractivity contribution in [2.75, 3.05) is 13.6 Å². The Balaban J connectivity index is 1.81. The molecule has 104 valence electrons. The van der Waals surface area contributed by atoms with Crippen LogP contribution in [0.4, 0.5) is 0 Å². The third-order valence-corrected chi connectivity index (χ3v) is 6.67. The van der Waals surface area contributed by atoms with Gasteiger partial charge >= 0.3 is 0 Å². The van der Waals surface area contributed by atoms with E-state index in [0.29, 0.717) is 5.41 Å². The Labute approximate surface area is 117 Å². The molecule has 19 heavy (non-hydrogen) atoms. The average Bonchev–Trinajstić information content (AvgIpc) is 2.43. The number of hydrogen-bond acceptors (Lipinski definition) is 1. The highest BCUT2D eigenvalue weighted by Gasteiger charge is 2.53. The lowest BCUT2D eigenvalue weighted by molar-refractivity contribution is -0.0264. The molecule has 4 aliphatic rings. The van der Waals surface area contributed by atoms with Crippen LogP contribution in [-0.2, 0) is 0 Å². The highest BCUT2D eigenvalue weighted by molar-refractivity contribution is 5.38. The summed E-state index contributed by atoms with van der Waals surface area (Å²) in [5.41, 5.74) is 6.01. The zero-order chi connectivity index (χ0) is 13.0. The van der Waals surface area contributed by atoms with Crippen molar-refractivity contribution in [1.82, 2.24) is 4.90 Å². The van der Waals surface area contributed by atoms with Crippen LogP contribution in [0.2, 0.25) is 0 Å². The first-order valence-electron chi connectivity index (χ1n) is 8.28. The van der Waals surface area contributed by atoms with Crippen LogP contribution in [0, 0.1) is 11.3 Å². The molecule has 2 fully saturated rings. The summed E-state index contributed by atoms with van der Waals surface area (Å²) in [6, 6.07) is 0.861. The highest BCUT2D eigenvalue weighted by atomic mass is 15.1. The van der Waals surface area contributed by atoms with Crippen LogP contribution in [0.5, 0.6) is 0 Å². The molecule has 2 bridgehead atoms. The van der Waals surface area contributed by atoms with Crippen LogP contribution >= 0.6 is 0 Å². The van der Waals surface area contributed by atoms with Gasteiger partial charge in [-0.2, -0.15) is 0 Å². The molecule has 0 radical (unpaired) electrons. The summed E-state index contributed by atoms with van der Waals surface area (Å²) in [6.45, 7) is 3.68. The van der Waals surface area contributed by atoms with E-state index in [9.17, 15) is 0 Å². The van der Waals surface area contributed by atoms with Gasteiger partial charge in [-0.1, -0.05) is 35.6 Å². The predicted molar refractivity (Wildman–Crippen MR) is 80.1 cm³/mol. The van der Waals surface area contributed by atoms with E-state index < -0.39 is 0 Å². The molecule has 1 heterocycles. The zero-order valence-electron chi connectivity index (χ0n) is 12.5. The van der Waals surface area contributed by atoms with Gasteiger partial charge in [0.05, 0.1) is 0 Å². The van der Waals surface area contributed by atoms with Crippen LogP contribution in [0.1, 0.15) is 58.3 Å². The Kier molecular flexibility index (Phi) is 2.71. The summed E-state index contributed by atoms with van der Waals surface area (Å²) in [6.07, 6.45) is 13.8. The van der Waals surface area contributed by atoms with Gasteiger partial charge in [-0.05, 0) is 70.4 Å². The maximum Gasteiger partial charge on any atom is 0.0166 e. The van der Waals surface area contributed by atoms with Crippen molar-refractivity contribution < 1.29 is 0 Å². The molecule has 0 aromatic heterocycles. The number of hydrogen-bond donors (Lipinski definition) is 0. The van der Waals surface area contributed by atoms with Crippen LogP contribution < -0.4 is 0 Å². The Morgan fingerprint density at radius 1 is 1.26 bits per heavy atom. The quantitative estimate of drug-likeness (QED) is 0.585. The molecule has 1 nitrogen and oxygen atoms in total. The topological polar surface area (TPSA) is 3.24 Å². The third-order valence-electron chi connectivity index (χ3n) is 6.67. The number of piperidine rings is 1. The monoisotopic (exact) mass is 257 g/mol. The van der Waals surface area contributed by atoms with Gasteiger partial charge in [-0.15, -0.1) is 0 Å². The van der Waals surface area contributed by atoms with E-state index in [1.54, 1.807) is 5.57 Å². The molecular formula is C18H27N. The van der Waals surface area contributed by atoms with Crippen LogP contribution in [0.3, 0.4) is 0 Å². The van der Waals surface area contributed by atoms with Crippen molar-refractivity contribution >= 4 is 0 Å². The van der Waals surface area contributed by atoms with Gasteiger partial charge in [0.25, 0.3) is 0 Å². The van der Waals surface area contributed by atoms with E-state index in [1.165, 1.54) is 57.9 Å². The Bertz CT molecular complexity index is 458. The minimum atomic E-state index is 0.624. The van der Waals surface area contributed by atoms with E-state index in [0.717, 1.165) is 12.0 Å². The van der Waals surface area contributed by atoms with Crippen molar-refractivity contribution in [3.8, 4) is 0 Å². The first-order chi connectivity index (χ1) is 9.21. The van der Waals surface area contributed by atoms with Crippen molar-refractivity contribution in [2.24, 2.45) is 11.3 Å². The summed E-state index contributed by atoms with van der Waals surface area (Å²) < 4.78 is 0. The van der Waals surface area contributed by atoms with Gasteiger partial charge in [0.2, 0.25) is 0 Å². The summed E-state index contributed by atoms with van der Waals surface area (Å²) in [7, 11) is 2.37. The van der Waals surface area contributed by atoms with Crippen molar-refractivity contribution in [3.63, 3.8) is 0 Å². The number of rotatable bonds is 0. The smallest absolute Gasteiger partial charge is 0.0166 e. The molecule has 0 aromatic carbocycles. The second kappa shape index (κ2) is 4.22. The minimum Gasteiger partial charge on any atom is -0.303 e. The molecule has 3 atom stereocenters. The third kappa shape index (κ3) is 1.63. The van der Waals surface area contributed by atoms with Gasteiger partial charge < -0.3 is 4.90 Å². The van der Waals surface area contributed by atoms with Crippen LogP contribution in [-0.4, -0.2) is 24.5 Å². The predicted octanol–water partition coefficient (Wildman–Crippen LogP) is 4.31. The Hall–Kier alpha value is -0.560. The molecule has 0 amide bonds. The lowest BCUT2D eigenvalue weighted by atomic mass is 9.50. The summed E-state index contributed by atoms with van der Waals surface area (Å²) in [5.74, 6) is 0.977. The van der Waals surface area contributed by atoms with Gasteiger partial charge in [0.1, 0.15) is 0 Å². The summed E-state index contributed by atoms with van der Waals surface area (Å²) in [4.78, 5) is 2.68. The normalized spacial score (nSPS) is 42.5. The molecule has 0 unspecified atom stereocenters. The molecular weight excluding hydrogens is 230 g/mol. The number of allylic oxidation sites excluding steroid dienone is 3. The molecule has 0 aromatic rings. The molecule has 1 saturated heterocycles. The number of nitrogens with zero attached hydrogens (tertiary/aromatic N) is 1. The lowest BCUT2D eigenvalue weighted by Gasteiger charge is -2.60. The molecule has 3 aliphatic carbocycles. The molecule has 0 N–H and O–H groups in total. The largest absolute Gasteiger partial charge is 0.303 e. The second-order valence-corrected chi connectivity index (χ2v) is 7.52. The van der Waals surface area contributed by atoms with Gasteiger partial charge in [-0.3, -0.25) is 0 Å². The Morgan fingerprint density at radius 3 is 3.05 bits per heavy atom. The van der Waals surface area contributed by atoms with Crippen molar-refractivity contribution in [3.05, 3.63) is 22.8 Å². The molecule has 0 spiro atoms. The second-order valence-electron chi connectivity index (χ2n) is 7.52. The molecule has 1 saturated carbocycles. The maximum absolute atomic E-state index is 2.68. The molecule has 1 heteroatoms. The van der Waals surface area contributed by atoms with E-state index in [4.69, 9.17) is 0 Å². The Morgan fingerprint density at radius 2 is 2.16 bits per heavy atom. The fourth-order valence-electron chi connectivity index (χ4n) is 5.69. The van der Waals surface area contributed by atoms with E-state index in [1.807, 2.05) is 11.1 Å². The SMILES string of the molecule is CC1=CCC2=C(C1)[C@]13CCCC[C@@H]1[C@H](C2)N(C)CC3. The molecule has 1 aliphatic heterocycles. The average molecular weight is 257 g/mol. The lowest BCUT2D eigenvalue weighted by Crippen LogP contribution is -2.57. The van der Waals surface area contributed by atoms with E-state index in [2.05, 4.69) is 24.9 Å². The highest BCUT2D eigenvalue weighted by Crippen LogP contribution is 2.60. The molecule has 4 rings (SSSR count).